The Morgan fingerprint density at radius 2 is 0.836 bits per heavy atom. The molecule has 0 amide bonds. The molecule has 1 rings (SSSR count). The first-order valence-electron chi connectivity index (χ1n) is 24.5. The Kier molecular flexibility index (Phi) is 35.8. The number of hydrogen-bond donors (Lipinski definition) is 6. The highest BCUT2D eigenvalue weighted by Gasteiger charge is 2.51. The maximum Gasteiger partial charge on any atom is 0.472 e. The van der Waals surface area contributed by atoms with Crippen molar-refractivity contribution in [3.63, 3.8) is 0 Å². The fraction of sp³-hybridized carbons (Fsp3) is 0.915. The number of aliphatic hydroxyl groups excluding tert-OH is 5. The highest BCUT2D eigenvalue weighted by molar-refractivity contribution is 7.47. The van der Waals surface area contributed by atoms with Crippen LogP contribution in [-0.2, 0) is 32.7 Å². The van der Waals surface area contributed by atoms with E-state index in [0.717, 1.165) is 57.8 Å². The molecule has 0 spiro atoms. The largest absolute Gasteiger partial charge is 0.472 e. The fourth-order valence-electron chi connectivity index (χ4n) is 7.64. The van der Waals surface area contributed by atoms with Crippen LogP contribution in [0.1, 0.15) is 219 Å². The maximum atomic E-state index is 12.8. The lowest BCUT2D eigenvalue weighted by molar-refractivity contribution is -0.220. The standard InChI is InChI=1S/C47H89O13P/c1-3-5-7-9-11-13-15-17-19-20-21-22-24-25-27-29-31-33-35-40(48)57-37-39(38-58-61(55,56)60-47-45(53)43(51)42(50)44(52)46(47)54)59-41(49)36-34-32-30-28-26-23-18-16-14-12-10-8-6-4-2/h16,18,39,42-47,50-54H,3-15,17,19-38H2,1-2H3,(H,55,56)/b18-16+/t39-,42?,43-,44?,45?,46?,47?/m0/s1. The molecular weight excluding hydrogens is 803 g/mol. The third kappa shape index (κ3) is 30.4. The van der Waals surface area contributed by atoms with Crippen LogP contribution in [0, 0.1) is 0 Å². The van der Waals surface area contributed by atoms with Crippen LogP contribution in [0.4, 0.5) is 0 Å². The molecule has 0 aromatic rings. The molecule has 1 aliphatic rings. The van der Waals surface area contributed by atoms with Crippen LogP contribution < -0.4 is 0 Å². The van der Waals surface area contributed by atoms with Crippen molar-refractivity contribution >= 4 is 19.8 Å². The molecule has 0 aromatic heterocycles. The Morgan fingerprint density at radius 1 is 0.492 bits per heavy atom. The molecule has 360 valence electrons. The van der Waals surface area contributed by atoms with Crippen molar-refractivity contribution in [3.05, 3.63) is 12.2 Å². The molecule has 13 nitrogen and oxygen atoms in total. The molecule has 1 fully saturated rings. The molecule has 6 unspecified atom stereocenters. The quantitative estimate of drug-likeness (QED) is 0.0146. The number of ether oxygens (including phenoxy) is 2. The summed E-state index contributed by atoms with van der Waals surface area (Å²) in [5.41, 5.74) is 0. The van der Waals surface area contributed by atoms with E-state index in [4.69, 9.17) is 18.5 Å². The van der Waals surface area contributed by atoms with Crippen molar-refractivity contribution in [1.29, 1.82) is 0 Å². The molecule has 0 bridgehead atoms. The Balaban J connectivity index is 2.41. The van der Waals surface area contributed by atoms with Crippen LogP contribution in [0.15, 0.2) is 12.2 Å². The first-order chi connectivity index (χ1) is 29.4. The van der Waals surface area contributed by atoms with Crippen molar-refractivity contribution in [3.8, 4) is 0 Å². The maximum absolute atomic E-state index is 12.8. The zero-order valence-corrected chi connectivity index (χ0v) is 39.1. The summed E-state index contributed by atoms with van der Waals surface area (Å²) in [5, 5.41) is 50.2. The number of aliphatic hydroxyl groups is 5. The van der Waals surface area contributed by atoms with Gasteiger partial charge in [0.1, 0.15) is 43.2 Å². The first-order valence-corrected chi connectivity index (χ1v) is 26.0. The highest BCUT2D eigenvalue weighted by Crippen LogP contribution is 2.47. The SMILES string of the molecule is CCCCCCC/C=C/CCCCCCCC(=O)O[C@@H](COC(=O)CCCCCCCCCCCCCCCCCCCC)COP(=O)(O)OC1C(O)C(O)C(O)[C@H](O)C1O. The number of hydrogen-bond acceptors (Lipinski definition) is 12. The number of rotatable bonds is 41. The first kappa shape index (κ1) is 57.6. The predicted molar refractivity (Wildman–Crippen MR) is 240 cm³/mol. The van der Waals surface area contributed by atoms with E-state index in [1.54, 1.807) is 0 Å². The van der Waals surface area contributed by atoms with Gasteiger partial charge in [-0.15, -0.1) is 0 Å². The average Bonchev–Trinajstić information content (AvgIpc) is 3.24. The summed E-state index contributed by atoms with van der Waals surface area (Å²) in [6.45, 7) is 3.31. The van der Waals surface area contributed by atoms with Gasteiger partial charge in [-0.05, 0) is 38.5 Å². The summed E-state index contributed by atoms with van der Waals surface area (Å²) < 4.78 is 33.6. The lowest BCUT2D eigenvalue weighted by Crippen LogP contribution is -2.64. The topological polar surface area (TPSA) is 210 Å². The fourth-order valence-corrected chi connectivity index (χ4v) is 8.61. The van der Waals surface area contributed by atoms with E-state index in [-0.39, 0.29) is 12.8 Å². The van der Waals surface area contributed by atoms with Gasteiger partial charge in [-0.3, -0.25) is 18.6 Å². The Hall–Kier alpha value is -1.41. The van der Waals surface area contributed by atoms with E-state index in [1.165, 1.54) is 122 Å². The van der Waals surface area contributed by atoms with Crippen LogP contribution in [0.3, 0.4) is 0 Å². The zero-order valence-electron chi connectivity index (χ0n) is 38.2. The molecule has 0 aromatic carbocycles. The molecule has 0 aliphatic heterocycles. The van der Waals surface area contributed by atoms with Crippen molar-refractivity contribution < 1.29 is 63.1 Å². The molecule has 0 saturated heterocycles. The van der Waals surface area contributed by atoms with Gasteiger partial charge in [-0.2, -0.15) is 0 Å². The van der Waals surface area contributed by atoms with Gasteiger partial charge < -0.3 is 39.9 Å². The minimum atomic E-state index is -5.12. The van der Waals surface area contributed by atoms with Crippen LogP contribution >= 0.6 is 7.82 Å². The number of phosphoric acid groups is 1. The van der Waals surface area contributed by atoms with Gasteiger partial charge in [0.15, 0.2) is 6.10 Å². The average molecular weight is 893 g/mol. The lowest BCUT2D eigenvalue weighted by Gasteiger charge is -2.41. The number of phosphoric ester groups is 1. The Bertz CT molecular complexity index is 1120. The van der Waals surface area contributed by atoms with Gasteiger partial charge >= 0.3 is 19.8 Å². The van der Waals surface area contributed by atoms with Gasteiger partial charge in [-0.25, -0.2) is 4.57 Å². The second-order valence-corrected chi connectivity index (χ2v) is 18.7. The van der Waals surface area contributed by atoms with E-state index in [9.17, 15) is 44.6 Å². The van der Waals surface area contributed by atoms with Crippen LogP contribution in [0.5, 0.6) is 0 Å². The molecule has 6 N–H and O–H groups in total. The normalized spacial score (nSPS) is 22.0. The third-order valence-electron chi connectivity index (χ3n) is 11.6. The van der Waals surface area contributed by atoms with Gasteiger partial charge in [0.2, 0.25) is 0 Å². The van der Waals surface area contributed by atoms with E-state index in [1.807, 2.05) is 0 Å². The van der Waals surface area contributed by atoms with Crippen molar-refractivity contribution in [2.45, 2.75) is 262 Å². The molecule has 0 heterocycles. The summed E-state index contributed by atoms with van der Waals surface area (Å²) >= 11 is 0. The van der Waals surface area contributed by atoms with Crippen LogP contribution in [0.25, 0.3) is 0 Å². The molecule has 1 saturated carbocycles. The second-order valence-electron chi connectivity index (χ2n) is 17.3. The number of carbonyl (C=O) groups is 2. The van der Waals surface area contributed by atoms with Crippen LogP contribution in [-0.4, -0.2) is 98.3 Å². The minimum absolute atomic E-state index is 0.0908. The van der Waals surface area contributed by atoms with E-state index in [2.05, 4.69) is 26.0 Å². The Labute approximate surface area is 369 Å². The van der Waals surface area contributed by atoms with Crippen molar-refractivity contribution in [2.75, 3.05) is 13.2 Å². The highest BCUT2D eigenvalue weighted by atomic mass is 31.2. The molecule has 0 radical (unpaired) electrons. The van der Waals surface area contributed by atoms with Gasteiger partial charge in [-0.1, -0.05) is 180 Å². The second kappa shape index (κ2) is 37.9. The summed E-state index contributed by atoms with van der Waals surface area (Å²) in [5.74, 6) is -1.10. The zero-order chi connectivity index (χ0) is 45.0. The Morgan fingerprint density at radius 3 is 1.25 bits per heavy atom. The van der Waals surface area contributed by atoms with E-state index >= 15 is 0 Å². The van der Waals surface area contributed by atoms with Gasteiger partial charge in [0.25, 0.3) is 0 Å². The van der Waals surface area contributed by atoms with Gasteiger partial charge in [0.05, 0.1) is 6.61 Å². The smallest absolute Gasteiger partial charge is 0.462 e. The summed E-state index contributed by atoms with van der Waals surface area (Å²) in [6.07, 6.45) is 26.9. The summed E-state index contributed by atoms with van der Waals surface area (Å²) in [4.78, 5) is 35.7. The van der Waals surface area contributed by atoms with Gasteiger partial charge in [0, 0.05) is 12.8 Å². The van der Waals surface area contributed by atoms with Crippen molar-refractivity contribution in [2.24, 2.45) is 0 Å². The lowest BCUT2D eigenvalue weighted by atomic mass is 9.85. The minimum Gasteiger partial charge on any atom is -0.462 e. The molecule has 14 heteroatoms. The monoisotopic (exact) mass is 893 g/mol. The predicted octanol–water partition coefficient (Wildman–Crippen LogP) is 9.84. The van der Waals surface area contributed by atoms with E-state index < -0.39 is 75.7 Å². The van der Waals surface area contributed by atoms with E-state index in [0.29, 0.717) is 12.8 Å². The molecule has 61 heavy (non-hydrogen) atoms. The summed E-state index contributed by atoms with van der Waals surface area (Å²) in [7, 11) is -5.12. The summed E-state index contributed by atoms with van der Waals surface area (Å²) in [6, 6.07) is 0. The number of carbonyl (C=O) groups excluding carboxylic acids is 2. The number of esters is 2. The molecule has 1 aliphatic carbocycles. The van der Waals surface area contributed by atoms with Crippen molar-refractivity contribution in [1.82, 2.24) is 0 Å². The van der Waals surface area contributed by atoms with Crippen LogP contribution in [0.2, 0.25) is 0 Å². The molecule has 8 atom stereocenters. The third-order valence-corrected chi connectivity index (χ3v) is 12.6. The molecular formula is C47H89O13P. The number of unbranched alkanes of at least 4 members (excludes halogenated alkanes) is 27. The number of allylic oxidation sites excluding steroid dienone is 2.